The van der Waals surface area contributed by atoms with Crippen molar-refractivity contribution in [3.8, 4) is 0 Å². The maximum absolute atomic E-state index is 11.5. The van der Waals surface area contributed by atoms with Gasteiger partial charge in [-0.05, 0) is 58.8 Å². The Morgan fingerprint density at radius 1 is 0.660 bits per heavy atom. The van der Waals surface area contributed by atoms with Gasteiger partial charge in [0, 0.05) is 31.1 Å². The Morgan fingerprint density at radius 2 is 1.04 bits per heavy atom. The van der Waals surface area contributed by atoms with Gasteiger partial charge in [0.15, 0.2) is 0 Å². The second-order valence-corrected chi connectivity index (χ2v) is 14.5. The van der Waals surface area contributed by atoms with Crippen LogP contribution in [-0.2, 0) is 32.2 Å². The molecule has 50 heavy (non-hydrogen) atoms. The van der Waals surface area contributed by atoms with E-state index in [1.54, 1.807) is 19.3 Å². The van der Waals surface area contributed by atoms with Crippen molar-refractivity contribution in [2.24, 2.45) is 10.8 Å². The van der Waals surface area contributed by atoms with Crippen molar-refractivity contribution in [2.75, 3.05) is 14.2 Å². The molecule has 0 bridgehead atoms. The Balaban J connectivity index is -0.000000579. The predicted molar refractivity (Wildman–Crippen MR) is 209 cm³/mol. The summed E-state index contributed by atoms with van der Waals surface area (Å²) < 4.78 is 12.9. The Morgan fingerprint density at radius 3 is 1.28 bits per heavy atom. The number of esters is 2. The van der Waals surface area contributed by atoms with Crippen LogP contribution in [0.4, 0.5) is 0 Å². The monoisotopic (exact) mass is 705 g/mol. The van der Waals surface area contributed by atoms with E-state index < -0.39 is 0 Å². The maximum atomic E-state index is 11.5. The minimum absolute atomic E-state index is 0.0927. The molecule has 0 saturated heterocycles. The molecule has 0 spiro atoms. The molecule has 2 aromatic heterocycles. The average molecular weight is 705 g/mol. The lowest BCUT2D eigenvalue weighted by Gasteiger charge is -2.32. The molecule has 0 N–H and O–H groups in total. The lowest BCUT2D eigenvalue weighted by Crippen LogP contribution is -2.32. The highest BCUT2D eigenvalue weighted by Crippen LogP contribution is 2.36. The van der Waals surface area contributed by atoms with Crippen LogP contribution < -0.4 is 0 Å². The Labute approximate surface area is 306 Å². The summed E-state index contributed by atoms with van der Waals surface area (Å²) in [4.78, 5) is 21.7. The van der Waals surface area contributed by atoms with E-state index in [1.165, 1.54) is 96.8 Å². The second kappa shape index (κ2) is 32.9. The number of carbonyl (C=O) groups is 2. The van der Waals surface area contributed by atoms with Crippen LogP contribution in [0.2, 0.25) is 0 Å². The van der Waals surface area contributed by atoms with Gasteiger partial charge in [-0.1, -0.05) is 128 Å². The summed E-state index contributed by atoms with van der Waals surface area (Å²) in [6, 6.07) is 0. The molecular formula is C40H76N6O4. The molecule has 0 aromatic carbocycles. The number of rotatable bonds is 18. The van der Waals surface area contributed by atoms with Gasteiger partial charge in [0.1, 0.15) is 0 Å². The van der Waals surface area contributed by atoms with Crippen LogP contribution >= 0.6 is 0 Å². The normalized spacial score (nSPS) is 11.4. The molecule has 10 heteroatoms. The molecule has 2 rings (SSSR count). The lowest BCUT2D eigenvalue weighted by atomic mass is 9.73. The third-order valence-corrected chi connectivity index (χ3v) is 7.34. The summed E-state index contributed by atoms with van der Waals surface area (Å²) in [6.07, 6.45) is 25.0. The van der Waals surface area contributed by atoms with Crippen LogP contribution in [0.1, 0.15) is 159 Å². The van der Waals surface area contributed by atoms with Crippen molar-refractivity contribution in [1.82, 2.24) is 30.0 Å². The van der Waals surface area contributed by atoms with E-state index in [0.717, 1.165) is 25.9 Å². The van der Waals surface area contributed by atoms with Gasteiger partial charge >= 0.3 is 11.9 Å². The second-order valence-electron chi connectivity index (χ2n) is 14.5. The van der Waals surface area contributed by atoms with Gasteiger partial charge in [0.05, 0.1) is 32.0 Å². The number of carbonyl (C=O) groups excluding carboxylic acids is 2. The number of hydrogen-bond acceptors (Lipinski definition) is 8. The maximum Gasteiger partial charge on any atom is 0.332 e. The first-order valence-electron chi connectivity index (χ1n) is 18.7. The third-order valence-electron chi connectivity index (χ3n) is 7.34. The zero-order valence-corrected chi connectivity index (χ0v) is 34.4. The van der Waals surface area contributed by atoms with E-state index in [9.17, 15) is 9.59 Å². The smallest absolute Gasteiger partial charge is 0.332 e. The van der Waals surface area contributed by atoms with Crippen LogP contribution in [0.3, 0.4) is 0 Å². The Hall–Kier alpha value is -3.30. The summed E-state index contributed by atoms with van der Waals surface area (Å²) in [5, 5.41) is 15.4. The van der Waals surface area contributed by atoms with Crippen molar-refractivity contribution in [2.45, 2.75) is 172 Å². The van der Waals surface area contributed by atoms with E-state index in [1.807, 2.05) is 49.5 Å². The van der Waals surface area contributed by atoms with E-state index in [0.29, 0.717) is 5.57 Å². The number of aryl methyl sites for hydroxylation is 2. The molecule has 0 aliphatic heterocycles. The number of unbranched alkanes of at least 4 members (excludes halogenated alkanes) is 10. The third kappa shape index (κ3) is 34.6. The Kier molecular flexibility index (Phi) is 33.6. The fraction of sp³-hybridized carbons (Fsp3) is 0.750. The standard InChI is InChI=1S/C11H22O2.2C10H19N3.C5H8O2.C4H8/c1-7-11(5,9(12)13-6)8-10(2,3)4;2*1-2-3-4-5-6-7-9-13-10-8-11-12-13;1-4(2)5(6)7-3;1-4(2)3/h7-8H2,1-6H3;2*8,10H,2-7,9H2,1H3;1H2,2-3H3;1H2,2-3H3. The lowest BCUT2D eigenvalue weighted by molar-refractivity contribution is -0.153. The topological polar surface area (TPSA) is 114 Å². The highest BCUT2D eigenvalue weighted by molar-refractivity contribution is 5.86. The van der Waals surface area contributed by atoms with Crippen LogP contribution in [0.25, 0.3) is 0 Å². The zero-order valence-electron chi connectivity index (χ0n) is 34.4. The predicted octanol–water partition coefficient (Wildman–Crippen LogP) is 10.6. The molecule has 0 aliphatic carbocycles. The minimum atomic E-state index is -0.347. The fourth-order valence-electron chi connectivity index (χ4n) is 4.74. The number of nitrogens with zero attached hydrogens (tertiary/aromatic N) is 6. The first-order valence-corrected chi connectivity index (χ1v) is 18.7. The van der Waals surface area contributed by atoms with Crippen molar-refractivity contribution in [3.63, 3.8) is 0 Å². The van der Waals surface area contributed by atoms with Crippen molar-refractivity contribution < 1.29 is 19.1 Å². The van der Waals surface area contributed by atoms with Gasteiger partial charge in [-0.3, -0.25) is 14.2 Å². The zero-order chi connectivity index (χ0) is 38.8. The molecule has 10 nitrogen and oxygen atoms in total. The molecule has 0 saturated carbocycles. The minimum Gasteiger partial charge on any atom is -0.469 e. The van der Waals surface area contributed by atoms with Crippen molar-refractivity contribution in [3.05, 3.63) is 49.1 Å². The summed E-state index contributed by atoms with van der Waals surface area (Å²) in [5.41, 5.74) is 1.44. The van der Waals surface area contributed by atoms with Crippen molar-refractivity contribution in [1.29, 1.82) is 0 Å². The first kappa shape index (κ1) is 51.1. The molecular weight excluding hydrogens is 628 g/mol. The van der Waals surface area contributed by atoms with Crippen molar-refractivity contribution >= 4 is 11.9 Å². The number of allylic oxidation sites excluding steroid dienone is 1. The average Bonchev–Trinajstić information content (AvgIpc) is 3.78. The molecule has 0 aliphatic rings. The molecule has 0 amide bonds. The quantitative estimate of drug-likeness (QED) is 0.0652. The van der Waals surface area contributed by atoms with Crippen LogP contribution in [0.5, 0.6) is 0 Å². The van der Waals surface area contributed by atoms with Gasteiger partial charge in [-0.25, -0.2) is 4.79 Å². The molecule has 290 valence electrons. The van der Waals surface area contributed by atoms with Gasteiger partial charge in [-0.15, -0.1) is 16.8 Å². The van der Waals surface area contributed by atoms with Gasteiger partial charge in [0.2, 0.25) is 0 Å². The fourth-order valence-corrected chi connectivity index (χ4v) is 4.74. The largest absolute Gasteiger partial charge is 0.469 e. The number of hydrogen-bond donors (Lipinski definition) is 0. The highest BCUT2D eigenvalue weighted by Gasteiger charge is 2.36. The van der Waals surface area contributed by atoms with Gasteiger partial charge in [0.25, 0.3) is 0 Å². The van der Waals surface area contributed by atoms with E-state index in [2.05, 4.69) is 73.1 Å². The summed E-state index contributed by atoms with van der Waals surface area (Å²) in [7, 11) is 2.79. The highest BCUT2D eigenvalue weighted by atomic mass is 16.5. The van der Waals surface area contributed by atoms with Crippen LogP contribution in [0.15, 0.2) is 49.1 Å². The summed E-state index contributed by atoms with van der Waals surface area (Å²) >= 11 is 0. The van der Waals surface area contributed by atoms with E-state index in [4.69, 9.17) is 4.74 Å². The number of ether oxygens (including phenoxy) is 2. The summed E-state index contributed by atoms with van der Waals surface area (Å²) in [5.74, 6) is -0.440. The molecule has 0 fully saturated rings. The molecule has 0 radical (unpaired) electrons. The first-order chi connectivity index (χ1) is 23.5. The van der Waals surface area contributed by atoms with Gasteiger partial charge < -0.3 is 9.47 Å². The number of methoxy groups -OCH3 is 2. The Bertz CT molecular complexity index is 1030. The SMILES string of the molecule is C=C(C)C.C=C(C)C(=O)OC.CCC(C)(CC(C)(C)C)C(=O)OC.CCCCCCCCn1ccnn1.CCCCCCCCn1ccnn1. The molecule has 1 atom stereocenters. The number of aromatic nitrogens is 6. The molecule has 2 aromatic rings. The van der Waals surface area contributed by atoms with Crippen LogP contribution in [-0.4, -0.2) is 56.1 Å². The van der Waals surface area contributed by atoms with Gasteiger partial charge in [-0.2, -0.15) is 0 Å². The van der Waals surface area contributed by atoms with E-state index in [-0.39, 0.29) is 22.8 Å². The summed E-state index contributed by atoms with van der Waals surface area (Å²) in [6.45, 7) is 29.4. The van der Waals surface area contributed by atoms with Crippen LogP contribution in [0, 0.1) is 10.8 Å². The molecule has 2 heterocycles. The van der Waals surface area contributed by atoms with E-state index >= 15 is 0 Å². The molecule has 1 unspecified atom stereocenters.